The first-order chi connectivity index (χ1) is 11.7. The van der Waals surface area contributed by atoms with Gasteiger partial charge >= 0.3 is 0 Å². The molecule has 1 spiro atoms. The lowest BCUT2D eigenvalue weighted by Crippen LogP contribution is -2.46. The van der Waals surface area contributed by atoms with Gasteiger partial charge in [0, 0.05) is 43.6 Å². The van der Waals surface area contributed by atoms with Gasteiger partial charge in [0.2, 0.25) is 0 Å². The van der Waals surface area contributed by atoms with E-state index in [9.17, 15) is 0 Å². The second-order valence-electron chi connectivity index (χ2n) is 7.40. The van der Waals surface area contributed by atoms with Crippen LogP contribution in [-0.4, -0.2) is 43.8 Å². The van der Waals surface area contributed by atoms with Crippen molar-refractivity contribution in [3.8, 4) is 0 Å². The van der Waals surface area contributed by atoms with E-state index in [1.165, 1.54) is 43.6 Å². The Balaban J connectivity index is 1.30. The molecular formula is C18H26N6. The summed E-state index contributed by atoms with van der Waals surface area (Å²) in [5.41, 5.74) is 3.07. The first-order valence-corrected chi connectivity index (χ1v) is 8.94. The molecule has 0 radical (unpaired) electrons. The summed E-state index contributed by atoms with van der Waals surface area (Å²) < 4.78 is 2.04. The Morgan fingerprint density at radius 1 is 1.38 bits per heavy atom. The van der Waals surface area contributed by atoms with Crippen molar-refractivity contribution in [2.75, 3.05) is 18.4 Å². The monoisotopic (exact) mass is 326 g/mol. The van der Waals surface area contributed by atoms with Gasteiger partial charge in [-0.2, -0.15) is 5.10 Å². The third kappa shape index (κ3) is 3.02. The number of nitrogens with one attached hydrogen (secondary N) is 1. The number of likely N-dealkylation sites (tertiary alicyclic amines) is 1. The van der Waals surface area contributed by atoms with E-state index in [1.807, 2.05) is 10.7 Å². The summed E-state index contributed by atoms with van der Waals surface area (Å²) in [6.07, 6.45) is 9.42. The van der Waals surface area contributed by atoms with Gasteiger partial charge in [0.15, 0.2) is 0 Å². The Morgan fingerprint density at radius 3 is 2.96 bits per heavy atom. The van der Waals surface area contributed by atoms with Gasteiger partial charge in [0.1, 0.15) is 12.1 Å². The van der Waals surface area contributed by atoms with E-state index in [1.54, 1.807) is 12.5 Å². The number of rotatable bonds is 5. The average Bonchev–Trinajstić information content (AvgIpc) is 3.13. The minimum Gasteiger partial charge on any atom is -0.367 e. The van der Waals surface area contributed by atoms with Gasteiger partial charge in [0.05, 0.1) is 5.69 Å². The van der Waals surface area contributed by atoms with Crippen LogP contribution in [0, 0.1) is 12.3 Å². The lowest BCUT2D eigenvalue weighted by molar-refractivity contribution is 0.120. The van der Waals surface area contributed by atoms with Crippen molar-refractivity contribution in [2.45, 2.75) is 52.2 Å². The number of hydrogen-bond acceptors (Lipinski definition) is 5. The summed E-state index contributed by atoms with van der Waals surface area (Å²) in [7, 11) is 0. The largest absolute Gasteiger partial charge is 0.367 e. The van der Waals surface area contributed by atoms with Crippen molar-refractivity contribution in [3.63, 3.8) is 0 Å². The molecule has 0 unspecified atom stereocenters. The van der Waals surface area contributed by atoms with Gasteiger partial charge in [-0.1, -0.05) is 0 Å². The highest BCUT2D eigenvalue weighted by Crippen LogP contribution is 2.49. The Morgan fingerprint density at radius 2 is 2.25 bits per heavy atom. The highest BCUT2D eigenvalue weighted by atomic mass is 15.3. The standard InChI is InChI=1S/C18H26N6/c1-3-24-11-15(14(2)22-24)10-23-7-5-18(12-23)8-16(9-18)21-17-4-6-19-13-20-17/h4,6,11,13,16H,3,5,7-10,12H2,1-2H3,(H,19,20,21). The van der Waals surface area contributed by atoms with Gasteiger partial charge in [-0.3, -0.25) is 9.58 Å². The Kier molecular flexibility index (Phi) is 4.00. The quantitative estimate of drug-likeness (QED) is 0.915. The van der Waals surface area contributed by atoms with Crippen LogP contribution in [0.1, 0.15) is 37.4 Å². The fourth-order valence-electron chi connectivity index (χ4n) is 4.29. The molecule has 24 heavy (non-hydrogen) atoms. The van der Waals surface area contributed by atoms with Gasteiger partial charge in [0.25, 0.3) is 0 Å². The zero-order valence-corrected chi connectivity index (χ0v) is 14.6. The van der Waals surface area contributed by atoms with E-state index >= 15 is 0 Å². The fraction of sp³-hybridized carbons (Fsp3) is 0.611. The third-order valence-electron chi connectivity index (χ3n) is 5.58. The summed E-state index contributed by atoms with van der Waals surface area (Å²) in [4.78, 5) is 10.8. The number of aryl methyl sites for hydroxylation is 2. The minimum atomic E-state index is 0.513. The van der Waals surface area contributed by atoms with Gasteiger partial charge in [-0.05, 0) is 51.1 Å². The first-order valence-electron chi connectivity index (χ1n) is 8.94. The zero-order valence-electron chi connectivity index (χ0n) is 14.6. The second-order valence-corrected chi connectivity index (χ2v) is 7.40. The van der Waals surface area contributed by atoms with E-state index in [0.29, 0.717) is 11.5 Å². The van der Waals surface area contributed by atoms with Crippen LogP contribution in [0.25, 0.3) is 0 Å². The van der Waals surface area contributed by atoms with Crippen molar-refractivity contribution >= 4 is 5.82 Å². The molecule has 1 aliphatic carbocycles. The highest BCUT2D eigenvalue weighted by molar-refractivity contribution is 5.34. The lowest BCUT2D eigenvalue weighted by atomic mass is 9.65. The molecule has 2 fully saturated rings. The SMILES string of the molecule is CCn1cc(CN2CCC3(CC(Nc4ccncn4)C3)C2)c(C)n1. The molecule has 6 heteroatoms. The molecule has 0 atom stereocenters. The fourth-order valence-corrected chi connectivity index (χ4v) is 4.29. The molecule has 2 aromatic rings. The molecule has 2 aliphatic rings. The van der Waals surface area contributed by atoms with E-state index in [4.69, 9.17) is 0 Å². The maximum Gasteiger partial charge on any atom is 0.129 e. The van der Waals surface area contributed by atoms with E-state index in [-0.39, 0.29) is 0 Å². The number of aromatic nitrogens is 4. The molecule has 1 saturated heterocycles. The summed E-state index contributed by atoms with van der Waals surface area (Å²) in [5.74, 6) is 0.947. The summed E-state index contributed by atoms with van der Waals surface area (Å²) >= 11 is 0. The van der Waals surface area contributed by atoms with Crippen LogP contribution in [0.15, 0.2) is 24.8 Å². The normalized spacial score (nSPS) is 26.7. The Bertz CT molecular complexity index is 689. The molecular weight excluding hydrogens is 300 g/mol. The van der Waals surface area contributed by atoms with Crippen LogP contribution in [0.5, 0.6) is 0 Å². The van der Waals surface area contributed by atoms with Crippen molar-refractivity contribution < 1.29 is 0 Å². The predicted molar refractivity (Wildman–Crippen MR) is 93.6 cm³/mol. The summed E-state index contributed by atoms with van der Waals surface area (Å²) in [6, 6.07) is 2.50. The average molecular weight is 326 g/mol. The van der Waals surface area contributed by atoms with Crippen LogP contribution in [-0.2, 0) is 13.1 Å². The first kappa shape index (κ1) is 15.6. The topological polar surface area (TPSA) is 58.9 Å². The predicted octanol–water partition coefficient (Wildman–Crippen LogP) is 2.47. The third-order valence-corrected chi connectivity index (χ3v) is 5.58. The smallest absolute Gasteiger partial charge is 0.129 e. The number of hydrogen-bond donors (Lipinski definition) is 1. The van der Waals surface area contributed by atoms with Crippen molar-refractivity contribution in [1.82, 2.24) is 24.6 Å². The summed E-state index contributed by atoms with van der Waals surface area (Å²) in [6.45, 7) is 8.67. The van der Waals surface area contributed by atoms with Crippen molar-refractivity contribution in [3.05, 3.63) is 36.0 Å². The molecule has 4 rings (SSSR count). The Labute approximate surface area is 143 Å². The molecule has 1 saturated carbocycles. The van der Waals surface area contributed by atoms with Crippen LogP contribution in [0.4, 0.5) is 5.82 Å². The molecule has 0 amide bonds. The molecule has 0 aromatic carbocycles. The molecule has 2 aromatic heterocycles. The summed E-state index contributed by atoms with van der Waals surface area (Å²) in [5, 5.41) is 8.10. The van der Waals surface area contributed by atoms with E-state index in [0.717, 1.165) is 18.9 Å². The van der Waals surface area contributed by atoms with Gasteiger partial charge in [-0.15, -0.1) is 0 Å². The maximum absolute atomic E-state index is 4.57. The molecule has 0 bridgehead atoms. The van der Waals surface area contributed by atoms with Crippen molar-refractivity contribution in [2.24, 2.45) is 5.41 Å². The molecule has 128 valence electrons. The van der Waals surface area contributed by atoms with Crippen LogP contribution in [0.3, 0.4) is 0 Å². The highest BCUT2D eigenvalue weighted by Gasteiger charge is 2.48. The molecule has 6 nitrogen and oxygen atoms in total. The molecule has 1 aliphatic heterocycles. The van der Waals surface area contributed by atoms with Gasteiger partial charge < -0.3 is 5.32 Å². The zero-order chi connectivity index (χ0) is 16.6. The Hall–Kier alpha value is -1.95. The maximum atomic E-state index is 4.57. The molecule has 3 heterocycles. The number of anilines is 1. The second kappa shape index (κ2) is 6.16. The van der Waals surface area contributed by atoms with E-state index in [2.05, 4.69) is 45.3 Å². The number of nitrogens with zero attached hydrogens (tertiary/aromatic N) is 5. The molecule has 1 N–H and O–H groups in total. The van der Waals surface area contributed by atoms with Crippen LogP contribution < -0.4 is 5.32 Å². The van der Waals surface area contributed by atoms with Crippen LogP contribution >= 0.6 is 0 Å². The minimum absolute atomic E-state index is 0.513. The van der Waals surface area contributed by atoms with Crippen LogP contribution in [0.2, 0.25) is 0 Å². The van der Waals surface area contributed by atoms with Crippen molar-refractivity contribution in [1.29, 1.82) is 0 Å². The van der Waals surface area contributed by atoms with Gasteiger partial charge in [-0.25, -0.2) is 9.97 Å². The van der Waals surface area contributed by atoms with E-state index < -0.39 is 0 Å². The lowest BCUT2D eigenvalue weighted by Gasteiger charge is -2.45.